The van der Waals surface area contributed by atoms with Gasteiger partial charge in [-0.1, -0.05) is 41.5 Å². The van der Waals surface area contributed by atoms with Gasteiger partial charge in [0.15, 0.2) is 0 Å². The molecule has 0 amide bonds. The molecule has 0 aliphatic carbocycles. The number of thiazole rings is 1. The van der Waals surface area contributed by atoms with Crippen LogP contribution in [0.2, 0.25) is 0 Å². The topological polar surface area (TPSA) is 24.9 Å². The van der Waals surface area contributed by atoms with Gasteiger partial charge in [-0.15, -0.1) is 11.3 Å². The Morgan fingerprint density at radius 1 is 1.35 bits per heavy atom. The maximum atomic E-state index is 4.87. The minimum atomic E-state index is 0.0220. The van der Waals surface area contributed by atoms with Crippen LogP contribution in [0, 0.1) is 5.92 Å². The van der Waals surface area contributed by atoms with Gasteiger partial charge in [0.2, 0.25) is 0 Å². The first-order chi connectivity index (χ1) is 7.78. The van der Waals surface area contributed by atoms with Crippen molar-refractivity contribution in [1.82, 2.24) is 10.3 Å². The second kappa shape index (κ2) is 5.07. The van der Waals surface area contributed by atoms with Crippen molar-refractivity contribution in [3.8, 4) is 0 Å². The summed E-state index contributed by atoms with van der Waals surface area (Å²) in [7, 11) is 2.04. The van der Waals surface area contributed by atoms with Gasteiger partial charge in [0.1, 0.15) is 5.01 Å². The third-order valence-electron chi connectivity index (χ3n) is 3.64. The van der Waals surface area contributed by atoms with Crippen LogP contribution in [0.5, 0.6) is 0 Å². The predicted molar refractivity (Wildman–Crippen MR) is 76.7 cm³/mol. The summed E-state index contributed by atoms with van der Waals surface area (Å²) in [4.78, 5) is 4.87. The van der Waals surface area contributed by atoms with E-state index in [2.05, 4.69) is 52.2 Å². The van der Waals surface area contributed by atoms with Crippen LogP contribution in [0.4, 0.5) is 0 Å². The molecule has 3 heteroatoms. The zero-order chi connectivity index (χ0) is 13.3. The van der Waals surface area contributed by atoms with E-state index in [0.717, 1.165) is 6.42 Å². The smallest absolute Gasteiger partial charge is 0.113 e. The molecule has 0 aliphatic rings. The summed E-state index contributed by atoms with van der Waals surface area (Å²) in [5.41, 5.74) is 1.36. The van der Waals surface area contributed by atoms with Crippen LogP contribution in [0.25, 0.3) is 0 Å². The van der Waals surface area contributed by atoms with E-state index in [9.17, 15) is 0 Å². The molecule has 1 rings (SSSR count). The Morgan fingerprint density at radius 2 is 1.94 bits per heavy atom. The fourth-order valence-electron chi connectivity index (χ4n) is 2.20. The minimum Gasteiger partial charge on any atom is -0.308 e. The number of nitrogens with one attached hydrogen (secondary N) is 1. The van der Waals surface area contributed by atoms with Crippen LogP contribution in [0.15, 0.2) is 5.38 Å². The molecule has 17 heavy (non-hydrogen) atoms. The monoisotopic (exact) mass is 254 g/mol. The van der Waals surface area contributed by atoms with E-state index >= 15 is 0 Å². The standard InChI is InChI=1S/C14H26N2S/c1-8-14(15-7,10(2)3)12-16-11(9-17-12)13(4,5)6/h9-10,15H,8H2,1-7H3. The summed E-state index contributed by atoms with van der Waals surface area (Å²) in [5.74, 6) is 0.538. The Labute approximate surface area is 110 Å². The van der Waals surface area contributed by atoms with E-state index in [0.29, 0.717) is 5.92 Å². The molecule has 1 atom stereocenters. The molecule has 1 aromatic rings. The summed E-state index contributed by atoms with van der Waals surface area (Å²) in [6.45, 7) is 13.4. The van der Waals surface area contributed by atoms with Crippen molar-refractivity contribution in [3.05, 3.63) is 16.1 Å². The van der Waals surface area contributed by atoms with E-state index in [-0.39, 0.29) is 11.0 Å². The van der Waals surface area contributed by atoms with E-state index in [1.165, 1.54) is 10.7 Å². The van der Waals surface area contributed by atoms with Crippen LogP contribution in [-0.4, -0.2) is 12.0 Å². The molecular formula is C14H26N2S. The van der Waals surface area contributed by atoms with Gasteiger partial charge in [-0.2, -0.15) is 0 Å². The molecule has 0 aromatic carbocycles. The largest absolute Gasteiger partial charge is 0.308 e. The SMILES string of the molecule is CCC(NC)(c1nc(C(C)(C)C)cs1)C(C)C. The van der Waals surface area contributed by atoms with E-state index in [1.54, 1.807) is 11.3 Å². The zero-order valence-corrected chi connectivity index (χ0v) is 13.0. The van der Waals surface area contributed by atoms with Crippen LogP contribution in [0.3, 0.4) is 0 Å². The lowest BCUT2D eigenvalue weighted by atomic mass is 9.84. The summed E-state index contributed by atoms with van der Waals surface area (Å²) in [6.07, 6.45) is 1.07. The fraction of sp³-hybridized carbons (Fsp3) is 0.786. The Bertz CT molecular complexity index is 357. The third kappa shape index (κ3) is 2.71. The normalized spacial score (nSPS) is 16.2. The second-order valence-corrected chi connectivity index (χ2v) is 6.88. The highest BCUT2D eigenvalue weighted by Crippen LogP contribution is 2.36. The maximum absolute atomic E-state index is 4.87. The highest BCUT2D eigenvalue weighted by Gasteiger charge is 2.35. The number of hydrogen-bond donors (Lipinski definition) is 1. The lowest BCUT2D eigenvalue weighted by Gasteiger charge is -2.34. The Hall–Kier alpha value is -0.410. The van der Waals surface area contributed by atoms with Crippen molar-refractivity contribution in [2.75, 3.05) is 7.05 Å². The van der Waals surface area contributed by atoms with Gasteiger partial charge in [-0.05, 0) is 19.4 Å². The van der Waals surface area contributed by atoms with Crippen molar-refractivity contribution in [1.29, 1.82) is 0 Å². The van der Waals surface area contributed by atoms with Gasteiger partial charge in [0, 0.05) is 10.8 Å². The van der Waals surface area contributed by atoms with E-state index in [1.807, 2.05) is 7.05 Å². The van der Waals surface area contributed by atoms with Crippen molar-refractivity contribution in [2.24, 2.45) is 5.92 Å². The van der Waals surface area contributed by atoms with Gasteiger partial charge < -0.3 is 5.32 Å². The van der Waals surface area contributed by atoms with E-state index in [4.69, 9.17) is 4.98 Å². The summed E-state index contributed by atoms with van der Waals surface area (Å²) >= 11 is 1.79. The lowest BCUT2D eigenvalue weighted by molar-refractivity contribution is 0.245. The lowest BCUT2D eigenvalue weighted by Crippen LogP contribution is -2.44. The van der Waals surface area contributed by atoms with E-state index < -0.39 is 0 Å². The van der Waals surface area contributed by atoms with Crippen molar-refractivity contribution in [3.63, 3.8) is 0 Å². The third-order valence-corrected chi connectivity index (χ3v) is 4.66. The average Bonchev–Trinajstić information content (AvgIpc) is 2.69. The highest BCUT2D eigenvalue weighted by atomic mass is 32.1. The zero-order valence-electron chi connectivity index (χ0n) is 12.2. The molecule has 0 fully saturated rings. The first kappa shape index (κ1) is 14.7. The molecule has 1 N–H and O–H groups in total. The number of nitrogens with zero attached hydrogens (tertiary/aromatic N) is 1. The molecule has 0 saturated heterocycles. The van der Waals surface area contributed by atoms with Crippen LogP contribution in [0.1, 0.15) is 58.7 Å². The number of rotatable bonds is 4. The average molecular weight is 254 g/mol. The van der Waals surface area contributed by atoms with Crippen molar-refractivity contribution < 1.29 is 0 Å². The molecule has 1 heterocycles. The molecule has 98 valence electrons. The predicted octanol–water partition coefficient (Wildman–Crippen LogP) is 3.92. The minimum absolute atomic E-state index is 0.0220. The highest BCUT2D eigenvalue weighted by molar-refractivity contribution is 7.09. The molecular weight excluding hydrogens is 228 g/mol. The van der Waals surface area contributed by atoms with Gasteiger partial charge >= 0.3 is 0 Å². The quantitative estimate of drug-likeness (QED) is 0.881. The molecule has 1 aromatic heterocycles. The fourth-order valence-corrected chi connectivity index (χ4v) is 3.67. The molecule has 0 radical (unpaired) electrons. The van der Waals surface area contributed by atoms with Crippen molar-refractivity contribution in [2.45, 2.75) is 58.9 Å². The molecule has 0 bridgehead atoms. The van der Waals surface area contributed by atoms with Crippen LogP contribution >= 0.6 is 11.3 Å². The Kier molecular flexibility index (Phi) is 4.37. The van der Waals surface area contributed by atoms with Gasteiger partial charge in [0.05, 0.1) is 11.2 Å². The Morgan fingerprint density at radius 3 is 2.24 bits per heavy atom. The molecule has 0 aliphatic heterocycles. The molecule has 0 spiro atoms. The van der Waals surface area contributed by atoms with Gasteiger partial charge in [-0.3, -0.25) is 0 Å². The second-order valence-electron chi connectivity index (χ2n) is 6.02. The summed E-state index contributed by atoms with van der Waals surface area (Å²) in [5, 5.41) is 6.93. The van der Waals surface area contributed by atoms with Crippen LogP contribution < -0.4 is 5.32 Å². The van der Waals surface area contributed by atoms with Crippen LogP contribution in [-0.2, 0) is 11.0 Å². The molecule has 2 nitrogen and oxygen atoms in total. The molecule has 0 saturated carbocycles. The van der Waals surface area contributed by atoms with Gasteiger partial charge in [-0.25, -0.2) is 4.98 Å². The van der Waals surface area contributed by atoms with Gasteiger partial charge in [0.25, 0.3) is 0 Å². The van der Waals surface area contributed by atoms with Crippen molar-refractivity contribution >= 4 is 11.3 Å². The molecule has 1 unspecified atom stereocenters. The first-order valence-corrected chi connectivity index (χ1v) is 7.31. The number of hydrogen-bond acceptors (Lipinski definition) is 3. The maximum Gasteiger partial charge on any atom is 0.113 e. The number of aromatic nitrogens is 1. The summed E-state index contributed by atoms with van der Waals surface area (Å²) in [6, 6.07) is 0. The summed E-state index contributed by atoms with van der Waals surface area (Å²) < 4.78 is 0. The Balaban J connectivity index is 3.17. The first-order valence-electron chi connectivity index (χ1n) is 6.43.